The first-order valence-electron chi connectivity index (χ1n) is 45.2. The number of piperidine rings is 1. The van der Waals surface area contributed by atoms with Crippen LogP contribution in [0.2, 0.25) is 0 Å². The number of methoxy groups -OCH3 is 3. The standard InChI is InChI=1S/C20H30O3.C18H27NO3.3C11H17O2P.C11H14O2.C10H16NO2P.C10H12O3/c1-22-20(21)15-12-18-10-13-19(14-11-18)23-16-6-5-9-17-7-3-2-4-8-17;20-18(21)9-6-16-4-7-17(8-5-16)22-14-2-1-3-15-10-12-19-13-11-15;3*1-3-9-14(2,12)13-10-11-7-5-4-6-8-11;1-9-3-5-10(6-4-9)7-8-11(12)13-2;1-2-8-14(11,12)13-9-10-6-4-3-5-7-10;1-13-10(12)7-4-8-2-5-9(11)6-3-8/h10-11,13-14,17H,2-9,12,15-16H2,1H3;4-5,7-8,15,19H,1-3,6,9-14H2,(H,20,21);3*4-8H,3,9-10H2,1-2H3;3-6H,7-8H2,1-2H3;3-7H,2,8-9H2,1H3,(H2,11,12);2-3,5-6,11H,4,7H2,1H3. The molecule has 1 aliphatic carbocycles. The van der Waals surface area contributed by atoms with Crippen LogP contribution in [0.3, 0.4) is 0 Å². The minimum Gasteiger partial charge on any atom is -0.508 e. The van der Waals surface area contributed by atoms with Gasteiger partial charge < -0.3 is 57.3 Å². The van der Waals surface area contributed by atoms with Gasteiger partial charge in [-0.3, -0.25) is 42.9 Å². The Hall–Kier alpha value is -8.28. The molecular formula is C102H150N2O19P4. The summed E-state index contributed by atoms with van der Waals surface area (Å²) in [4.78, 5) is 43.3. The Kier molecular flexibility index (Phi) is 61.1. The van der Waals surface area contributed by atoms with Crippen LogP contribution in [0.15, 0.2) is 218 Å². The molecule has 2 aliphatic rings. The highest BCUT2D eigenvalue weighted by molar-refractivity contribution is 7.58. The Morgan fingerprint density at radius 2 is 0.677 bits per heavy atom. The second-order valence-electron chi connectivity index (χ2n) is 32.1. The van der Waals surface area contributed by atoms with Gasteiger partial charge in [0.25, 0.3) is 7.52 Å². The van der Waals surface area contributed by atoms with E-state index in [1.165, 1.54) is 116 Å². The number of phenolic OH excluding ortho intramolecular Hbond substituents is 1. The molecule has 0 amide bonds. The lowest BCUT2D eigenvalue weighted by molar-refractivity contribution is -0.141. The molecule has 127 heavy (non-hydrogen) atoms. The van der Waals surface area contributed by atoms with Crippen LogP contribution in [0.1, 0.15) is 213 Å². The lowest BCUT2D eigenvalue weighted by Gasteiger charge is -2.22. The molecule has 5 N–H and O–H groups in total. The Morgan fingerprint density at radius 3 is 0.992 bits per heavy atom. The van der Waals surface area contributed by atoms with Gasteiger partial charge >= 0.3 is 23.9 Å². The molecule has 25 heteroatoms. The van der Waals surface area contributed by atoms with Crippen LogP contribution in [0.5, 0.6) is 17.2 Å². The molecule has 0 spiro atoms. The molecule has 2 fully saturated rings. The summed E-state index contributed by atoms with van der Waals surface area (Å²) in [7, 11) is -5.72. The van der Waals surface area contributed by atoms with Crippen LogP contribution in [0.4, 0.5) is 0 Å². The van der Waals surface area contributed by atoms with E-state index < -0.39 is 35.6 Å². The van der Waals surface area contributed by atoms with E-state index in [0.717, 1.165) is 120 Å². The van der Waals surface area contributed by atoms with Crippen molar-refractivity contribution in [2.45, 2.75) is 222 Å². The quantitative estimate of drug-likeness (QED) is 0.0119. The number of unbranched alkanes of at least 4 members (excludes halogenated alkanes) is 2. The average Bonchev–Trinajstić information content (AvgIpc) is 0.923. The third-order valence-corrected chi connectivity index (χ3v) is 28.0. The van der Waals surface area contributed by atoms with Gasteiger partial charge in [0.1, 0.15) is 17.2 Å². The van der Waals surface area contributed by atoms with Crippen molar-refractivity contribution in [1.82, 2.24) is 5.32 Å². The van der Waals surface area contributed by atoms with E-state index in [9.17, 15) is 37.4 Å². The number of carboxylic acid groups (broad SMARTS) is 1. The lowest BCUT2D eigenvalue weighted by Crippen LogP contribution is -2.27. The molecule has 0 radical (unpaired) electrons. The van der Waals surface area contributed by atoms with Crippen molar-refractivity contribution < 1.29 is 89.4 Å². The van der Waals surface area contributed by atoms with Gasteiger partial charge in [-0.2, -0.15) is 0 Å². The fraction of sp³-hybridized carbons (Fsp3) is 0.490. The van der Waals surface area contributed by atoms with E-state index in [0.29, 0.717) is 89.6 Å². The van der Waals surface area contributed by atoms with E-state index in [2.05, 4.69) is 19.5 Å². The van der Waals surface area contributed by atoms with Crippen molar-refractivity contribution in [2.75, 3.05) is 92.3 Å². The zero-order valence-corrected chi connectivity index (χ0v) is 81.4. The molecule has 4 unspecified atom stereocenters. The molecule has 0 aromatic heterocycles. The molecular weight excluding hydrogens is 1680 g/mol. The molecule has 1 heterocycles. The van der Waals surface area contributed by atoms with Gasteiger partial charge in [0.15, 0.2) is 22.1 Å². The number of aliphatic carboxylic acids is 1. The number of ether oxygens (including phenoxy) is 5. The van der Waals surface area contributed by atoms with Crippen molar-refractivity contribution in [1.29, 1.82) is 0 Å². The van der Waals surface area contributed by atoms with Crippen molar-refractivity contribution in [3.05, 3.63) is 268 Å². The summed E-state index contributed by atoms with van der Waals surface area (Å²) in [6.45, 7) is 20.8. The smallest absolute Gasteiger partial charge is 0.305 e. The summed E-state index contributed by atoms with van der Waals surface area (Å²) in [5, 5.41) is 21.1. The molecule has 8 aromatic carbocycles. The normalized spacial score (nSPS) is 14.1. The van der Waals surface area contributed by atoms with E-state index in [1.807, 2.05) is 229 Å². The van der Waals surface area contributed by atoms with Crippen molar-refractivity contribution in [3.8, 4) is 17.2 Å². The Balaban J connectivity index is 0.000000378. The summed E-state index contributed by atoms with van der Waals surface area (Å²) in [5.74, 6) is 2.62. The zero-order chi connectivity index (χ0) is 93.1. The molecule has 1 saturated heterocycles. The third kappa shape index (κ3) is 60.3. The molecule has 10 rings (SSSR count). The summed E-state index contributed by atoms with van der Waals surface area (Å²) >= 11 is 0. The number of rotatable bonds is 44. The van der Waals surface area contributed by atoms with Crippen LogP contribution in [-0.2, 0) is 122 Å². The zero-order valence-electron chi connectivity index (χ0n) is 77.8. The first kappa shape index (κ1) is 113. The molecule has 1 aliphatic heterocycles. The molecule has 21 nitrogen and oxygen atoms in total. The first-order valence-corrected chi connectivity index (χ1v) is 53.9. The summed E-state index contributed by atoms with van der Waals surface area (Å²) < 4.78 is 93.5. The topological polar surface area (TPSA) is 298 Å². The van der Waals surface area contributed by atoms with Gasteiger partial charge in [-0.1, -0.05) is 260 Å². The number of nitrogens with two attached hydrogens (primary N) is 1. The van der Waals surface area contributed by atoms with E-state index in [1.54, 1.807) is 44.3 Å². The number of nitrogens with one attached hydrogen (secondary N) is 1. The van der Waals surface area contributed by atoms with E-state index in [4.69, 9.17) is 43.3 Å². The molecule has 702 valence electrons. The maximum atomic E-state index is 11.8. The van der Waals surface area contributed by atoms with Gasteiger partial charge in [-0.25, -0.2) is 0 Å². The van der Waals surface area contributed by atoms with Crippen LogP contribution in [-0.4, -0.2) is 126 Å². The van der Waals surface area contributed by atoms with E-state index >= 15 is 0 Å². The number of aryl methyl sites for hydroxylation is 5. The average molecular weight is 1830 g/mol. The minimum atomic E-state index is -2.86. The molecule has 1 saturated carbocycles. The highest BCUT2D eigenvalue weighted by atomic mass is 31.2. The van der Waals surface area contributed by atoms with Gasteiger partial charge in [0.05, 0.1) is 61.0 Å². The van der Waals surface area contributed by atoms with Gasteiger partial charge in [0.2, 0.25) is 0 Å². The van der Waals surface area contributed by atoms with Crippen molar-refractivity contribution in [2.24, 2.45) is 17.3 Å². The number of hydrogen-bond acceptors (Lipinski definition) is 19. The molecule has 0 bridgehead atoms. The van der Waals surface area contributed by atoms with Gasteiger partial charge in [0, 0.05) is 70.3 Å². The predicted molar refractivity (Wildman–Crippen MR) is 518 cm³/mol. The second kappa shape index (κ2) is 68.8. The van der Waals surface area contributed by atoms with Gasteiger partial charge in [-0.15, -0.1) is 0 Å². The first-order chi connectivity index (χ1) is 61.0. The Labute approximate surface area is 760 Å². The maximum Gasteiger partial charge on any atom is 0.305 e. The minimum absolute atomic E-state index is 0.152. The van der Waals surface area contributed by atoms with E-state index in [-0.39, 0.29) is 30.1 Å². The Morgan fingerprint density at radius 1 is 0.378 bits per heavy atom. The number of esters is 3. The fourth-order valence-electron chi connectivity index (χ4n) is 13.2. The number of phenols is 1. The number of carboxylic acids is 1. The van der Waals surface area contributed by atoms with Crippen molar-refractivity contribution >= 4 is 53.5 Å². The largest absolute Gasteiger partial charge is 0.508 e. The number of benzene rings is 8. The summed E-state index contributed by atoms with van der Waals surface area (Å²) in [6, 6.07) is 69.9. The maximum absolute atomic E-state index is 11.8. The number of aromatic hydroxyl groups is 1. The lowest BCUT2D eigenvalue weighted by atomic mass is 9.86. The summed E-state index contributed by atoms with van der Waals surface area (Å²) in [6.07, 6.45) is 27.3. The Bertz CT molecular complexity index is 4030. The number of carbonyl (C=O) groups excluding carboxylic acids is 3. The van der Waals surface area contributed by atoms with Crippen LogP contribution in [0.25, 0.3) is 0 Å². The van der Waals surface area contributed by atoms with Crippen LogP contribution in [0, 0.1) is 18.8 Å². The van der Waals surface area contributed by atoms with Crippen LogP contribution >= 0.6 is 29.6 Å². The highest BCUT2D eigenvalue weighted by Gasteiger charge is 2.19. The van der Waals surface area contributed by atoms with Gasteiger partial charge in [-0.05, 0) is 203 Å². The highest BCUT2D eigenvalue weighted by Crippen LogP contribution is 2.46. The van der Waals surface area contributed by atoms with Crippen molar-refractivity contribution in [3.63, 3.8) is 0 Å². The predicted octanol–water partition coefficient (Wildman–Crippen LogP) is 25.1. The second-order valence-corrected chi connectivity index (χ2v) is 42.5. The fourth-order valence-corrected chi connectivity index (χ4v) is 18.4. The molecule has 4 atom stereocenters. The molecule has 8 aromatic rings. The number of hydrogen-bond donors (Lipinski definition) is 4. The van der Waals surface area contributed by atoms with Crippen LogP contribution < -0.4 is 20.3 Å². The SMILES string of the molecule is CCCP(C)(=O)OCc1ccccc1.CCCP(C)(=O)OCc1ccccc1.CCCP(C)(=O)OCc1ccccc1.CCCP(N)(=O)OCc1ccccc1.COC(=O)CCc1ccc(C)cc1.COC(=O)CCc1ccc(O)cc1.COC(=O)CCc1ccc(OCCCCC2CCCCC2)cc1.O=C(O)CCc1ccc(OCCCCC2CCNCC2)cc1. The third-order valence-electron chi connectivity index (χ3n) is 20.6. The monoisotopic (exact) mass is 1830 g/mol. The summed E-state index contributed by atoms with van der Waals surface area (Å²) in [5.41, 5.74) is 15.3. The number of carbonyl (C=O) groups is 4.